The number of thioether (sulfide) groups is 1. The molecule has 3 heteroatoms. The second kappa shape index (κ2) is 5.04. The number of fused-ring (bicyclic) bond motifs is 1. The van der Waals surface area contributed by atoms with Crippen molar-refractivity contribution < 1.29 is 10.2 Å². The summed E-state index contributed by atoms with van der Waals surface area (Å²) in [6.45, 7) is 4.11. The van der Waals surface area contributed by atoms with Gasteiger partial charge < -0.3 is 10.2 Å². The Kier molecular flexibility index (Phi) is 3.64. The van der Waals surface area contributed by atoms with Crippen LogP contribution in [0.15, 0.2) is 35.2 Å². The van der Waals surface area contributed by atoms with Gasteiger partial charge in [-0.05, 0) is 37.3 Å². The first-order valence-electron chi connectivity index (χ1n) is 7.36. The van der Waals surface area contributed by atoms with Gasteiger partial charge in [-0.1, -0.05) is 32.0 Å². The van der Waals surface area contributed by atoms with E-state index in [-0.39, 0.29) is 11.3 Å². The Morgan fingerprint density at radius 2 is 2.05 bits per heavy atom. The van der Waals surface area contributed by atoms with Gasteiger partial charge in [-0.25, -0.2) is 0 Å². The molecular formula is C17H22O2S. The van der Waals surface area contributed by atoms with Gasteiger partial charge in [0.05, 0.1) is 11.9 Å². The van der Waals surface area contributed by atoms with Crippen molar-refractivity contribution in [3.8, 4) is 0 Å². The first kappa shape index (κ1) is 14.4. The van der Waals surface area contributed by atoms with Crippen LogP contribution in [0.5, 0.6) is 0 Å². The molecule has 0 spiro atoms. The molecular weight excluding hydrogens is 268 g/mol. The van der Waals surface area contributed by atoms with Crippen molar-refractivity contribution in [2.45, 2.75) is 49.7 Å². The molecule has 1 aromatic rings. The zero-order valence-corrected chi connectivity index (χ0v) is 12.9. The van der Waals surface area contributed by atoms with E-state index in [1.807, 2.05) is 37.3 Å². The Bertz CT molecular complexity index is 477. The maximum absolute atomic E-state index is 11.1. The van der Waals surface area contributed by atoms with Gasteiger partial charge >= 0.3 is 0 Å². The zero-order chi connectivity index (χ0) is 14.4. The van der Waals surface area contributed by atoms with E-state index in [0.717, 1.165) is 24.2 Å². The molecule has 0 bridgehead atoms. The van der Waals surface area contributed by atoms with E-state index in [1.165, 1.54) is 11.8 Å². The quantitative estimate of drug-likeness (QED) is 0.835. The number of aliphatic hydroxyl groups excluding tert-OH is 1. The first-order chi connectivity index (χ1) is 9.48. The lowest BCUT2D eigenvalue weighted by Crippen LogP contribution is -2.58. The predicted octanol–water partition coefficient (Wildman–Crippen LogP) is 3.37. The average Bonchev–Trinajstić information content (AvgIpc) is 2.59. The molecule has 3 rings (SSSR count). The van der Waals surface area contributed by atoms with E-state index >= 15 is 0 Å². The summed E-state index contributed by atoms with van der Waals surface area (Å²) in [5.74, 6) is 3.64. The van der Waals surface area contributed by atoms with Crippen molar-refractivity contribution in [2.24, 2.45) is 17.3 Å². The van der Waals surface area contributed by atoms with Gasteiger partial charge in [0.25, 0.3) is 0 Å². The van der Waals surface area contributed by atoms with Crippen molar-refractivity contribution in [1.29, 1.82) is 0 Å². The van der Waals surface area contributed by atoms with Crippen molar-refractivity contribution in [3.05, 3.63) is 36.1 Å². The summed E-state index contributed by atoms with van der Waals surface area (Å²) in [4.78, 5) is 1.12. The van der Waals surface area contributed by atoms with E-state index in [0.29, 0.717) is 5.92 Å². The summed E-state index contributed by atoms with van der Waals surface area (Å²) in [5.41, 5.74) is -1.17. The van der Waals surface area contributed by atoms with Crippen LogP contribution in [0, 0.1) is 23.0 Å². The lowest BCUT2D eigenvalue weighted by molar-refractivity contribution is -0.171. The maximum atomic E-state index is 11.1. The van der Waals surface area contributed by atoms with Crippen LogP contribution in [-0.2, 0) is 0 Å². The lowest BCUT2D eigenvalue weighted by Gasteiger charge is -2.53. The third kappa shape index (κ3) is 1.94. The van der Waals surface area contributed by atoms with Crippen LogP contribution < -0.4 is 0 Å². The van der Waals surface area contributed by atoms with Crippen LogP contribution in [-0.4, -0.2) is 21.9 Å². The Hall–Kier alpha value is -0.510. The van der Waals surface area contributed by atoms with Gasteiger partial charge in [0.1, 0.15) is 5.60 Å². The molecule has 1 aromatic carbocycles. The minimum absolute atomic E-state index is 0.143. The molecule has 2 nitrogen and oxygen atoms in total. The molecule has 2 aliphatic rings. The highest BCUT2D eigenvalue weighted by Crippen LogP contribution is 2.65. The highest BCUT2D eigenvalue weighted by Gasteiger charge is 2.67. The molecule has 2 fully saturated rings. The zero-order valence-electron chi connectivity index (χ0n) is 12.0. The molecule has 5 atom stereocenters. The van der Waals surface area contributed by atoms with Crippen molar-refractivity contribution in [3.63, 3.8) is 0 Å². The van der Waals surface area contributed by atoms with Crippen LogP contribution in [0.4, 0.5) is 0 Å². The van der Waals surface area contributed by atoms with Gasteiger partial charge in [-0.15, -0.1) is 11.8 Å². The first-order valence-corrected chi connectivity index (χ1v) is 8.18. The predicted molar refractivity (Wildman–Crippen MR) is 81.1 cm³/mol. The van der Waals surface area contributed by atoms with Crippen molar-refractivity contribution in [1.82, 2.24) is 0 Å². The fourth-order valence-corrected chi connectivity index (χ4v) is 4.82. The largest absolute Gasteiger partial charge is 0.390 e. The summed E-state index contributed by atoms with van der Waals surface area (Å²) < 4.78 is 0. The third-order valence-electron chi connectivity index (χ3n) is 5.60. The van der Waals surface area contributed by atoms with Crippen LogP contribution >= 0.6 is 11.8 Å². The van der Waals surface area contributed by atoms with Gasteiger partial charge in [-0.2, -0.15) is 0 Å². The van der Waals surface area contributed by atoms with Crippen molar-refractivity contribution in [2.75, 3.05) is 0 Å². The standard InChI is InChI=1S/C17H22O2S/c1-12(11-20-14-6-4-3-5-7-14)17(19)15(18)10-13-8-9-16(13,17)2/h3-7,12-13,15,18-19H,8-10H2,1-2H3/t12?,13-,15+,16+,17-/m1/s1. The molecule has 0 aliphatic heterocycles. The van der Waals surface area contributed by atoms with E-state index in [4.69, 9.17) is 0 Å². The van der Waals surface area contributed by atoms with E-state index in [2.05, 4.69) is 12.7 Å². The lowest BCUT2D eigenvalue weighted by atomic mass is 9.55. The summed E-state index contributed by atoms with van der Waals surface area (Å²) in [6.07, 6.45) is 2.25. The van der Waals surface area contributed by atoms with Crippen LogP contribution in [0.1, 0.15) is 33.1 Å². The number of hydrogen-bond acceptors (Lipinski definition) is 3. The molecule has 0 amide bonds. The molecule has 0 aromatic heterocycles. The number of benzene rings is 1. The molecule has 108 valence electrons. The normalized spacial score (nSPS) is 41.0. The summed E-state index contributed by atoms with van der Waals surface area (Å²) >= 11 is 1.52. The monoisotopic (exact) mass is 290 g/mol. The summed E-state index contributed by atoms with van der Waals surface area (Å²) in [7, 11) is 0. The molecule has 2 N–H and O–H groups in total. The van der Waals surface area contributed by atoms with Gasteiger partial charge in [0, 0.05) is 16.2 Å². The maximum Gasteiger partial charge on any atom is 0.100 e. The second-order valence-corrected chi connectivity index (χ2v) is 7.40. The Balaban J connectivity index is 1.71. The second-order valence-electron chi connectivity index (χ2n) is 6.48. The molecule has 20 heavy (non-hydrogen) atoms. The minimum atomic E-state index is -1.03. The smallest absolute Gasteiger partial charge is 0.100 e. The molecule has 1 unspecified atom stereocenters. The fraction of sp³-hybridized carbons (Fsp3) is 0.588. The summed E-state index contributed by atoms with van der Waals surface area (Å²) in [5, 5.41) is 21.5. The Morgan fingerprint density at radius 3 is 2.60 bits per heavy atom. The molecule has 0 heterocycles. The molecule has 2 aliphatic carbocycles. The molecule has 2 saturated carbocycles. The average molecular weight is 290 g/mol. The Morgan fingerprint density at radius 1 is 1.35 bits per heavy atom. The SMILES string of the molecule is CC([C]Sc1ccccc1)[C@@]1(O)[C@@H](O)C[C@H]2CC[C@@]21C. The van der Waals surface area contributed by atoms with Crippen molar-refractivity contribution >= 4 is 11.8 Å². The molecule has 0 saturated heterocycles. The highest BCUT2D eigenvalue weighted by atomic mass is 32.2. The minimum Gasteiger partial charge on any atom is -0.390 e. The summed E-state index contributed by atoms with van der Waals surface area (Å²) in [6, 6.07) is 10.1. The van der Waals surface area contributed by atoms with E-state index < -0.39 is 11.7 Å². The number of aliphatic hydroxyl groups is 2. The highest BCUT2D eigenvalue weighted by molar-refractivity contribution is 8.01. The Labute approximate surface area is 125 Å². The van der Waals surface area contributed by atoms with Crippen LogP contribution in [0.3, 0.4) is 0 Å². The fourth-order valence-electron chi connectivity index (χ4n) is 4.03. The van der Waals surface area contributed by atoms with Gasteiger partial charge in [-0.3, -0.25) is 0 Å². The van der Waals surface area contributed by atoms with Gasteiger partial charge in [0.2, 0.25) is 0 Å². The van der Waals surface area contributed by atoms with E-state index in [9.17, 15) is 10.2 Å². The third-order valence-corrected chi connectivity index (χ3v) is 6.58. The molecule has 2 radical (unpaired) electrons. The van der Waals surface area contributed by atoms with Gasteiger partial charge in [0.15, 0.2) is 0 Å². The number of rotatable bonds is 4. The van der Waals surface area contributed by atoms with E-state index in [1.54, 1.807) is 0 Å². The van der Waals surface area contributed by atoms with Crippen LogP contribution in [0.2, 0.25) is 0 Å². The van der Waals surface area contributed by atoms with Crippen LogP contribution in [0.25, 0.3) is 0 Å². The number of hydrogen-bond donors (Lipinski definition) is 2. The topological polar surface area (TPSA) is 40.5 Å².